The Balaban J connectivity index is 1.62. The number of ether oxygens (including phenoxy) is 1. The summed E-state index contributed by atoms with van der Waals surface area (Å²) in [5.41, 5.74) is 3.62. The van der Waals surface area contributed by atoms with Gasteiger partial charge in [0.05, 0.1) is 29.4 Å². The van der Waals surface area contributed by atoms with E-state index in [9.17, 15) is 13.2 Å². The van der Waals surface area contributed by atoms with Crippen LogP contribution in [0, 0.1) is 6.92 Å². The van der Waals surface area contributed by atoms with Crippen LogP contribution in [0.3, 0.4) is 0 Å². The van der Waals surface area contributed by atoms with Crippen molar-refractivity contribution in [3.63, 3.8) is 0 Å². The van der Waals surface area contributed by atoms with Gasteiger partial charge in [-0.1, -0.05) is 23.7 Å². The highest BCUT2D eigenvalue weighted by molar-refractivity contribution is 7.92. The molecule has 0 saturated carbocycles. The van der Waals surface area contributed by atoms with E-state index in [-0.39, 0.29) is 16.5 Å². The lowest BCUT2D eigenvalue weighted by Crippen LogP contribution is -2.18. The molecule has 0 fully saturated rings. The molecular formula is C26H20ClN3O5S. The van der Waals surface area contributed by atoms with Gasteiger partial charge >= 0.3 is 6.01 Å². The zero-order valence-corrected chi connectivity index (χ0v) is 20.8. The van der Waals surface area contributed by atoms with Gasteiger partial charge in [0.25, 0.3) is 15.6 Å². The van der Waals surface area contributed by atoms with Gasteiger partial charge in [0.1, 0.15) is 12.0 Å². The van der Waals surface area contributed by atoms with Crippen LogP contribution in [0.1, 0.15) is 5.56 Å². The van der Waals surface area contributed by atoms with Crippen LogP contribution in [0.4, 0.5) is 6.01 Å². The number of methoxy groups -OCH3 is 1. The third-order valence-electron chi connectivity index (χ3n) is 5.76. The first-order valence-electron chi connectivity index (χ1n) is 10.8. The van der Waals surface area contributed by atoms with Crippen molar-refractivity contribution in [1.29, 1.82) is 0 Å². The maximum Gasteiger partial charge on any atom is 0.308 e. The molecule has 0 aliphatic rings. The van der Waals surface area contributed by atoms with Crippen molar-refractivity contribution < 1.29 is 17.6 Å². The highest BCUT2D eigenvalue weighted by atomic mass is 35.5. The van der Waals surface area contributed by atoms with E-state index in [2.05, 4.69) is 9.71 Å². The number of aromatic nitrogens is 2. The summed E-state index contributed by atoms with van der Waals surface area (Å²) < 4.78 is 40.0. The molecule has 182 valence electrons. The van der Waals surface area contributed by atoms with Crippen LogP contribution in [0.25, 0.3) is 27.7 Å². The average Bonchev–Trinajstić information content (AvgIpc) is 3.37. The molecular weight excluding hydrogens is 502 g/mol. The summed E-state index contributed by atoms with van der Waals surface area (Å²) in [4.78, 5) is 16.8. The number of halogens is 1. The van der Waals surface area contributed by atoms with Gasteiger partial charge in [0, 0.05) is 16.5 Å². The Kier molecular flexibility index (Phi) is 6.03. The van der Waals surface area contributed by atoms with E-state index >= 15 is 0 Å². The Labute approximate surface area is 211 Å². The summed E-state index contributed by atoms with van der Waals surface area (Å²) in [6.45, 7) is 1.99. The van der Waals surface area contributed by atoms with Crippen molar-refractivity contribution >= 4 is 38.5 Å². The number of hydrogen-bond donors (Lipinski definition) is 1. The van der Waals surface area contributed by atoms with Gasteiger partial charge in [-0.15, -0.1) is 0 Å². The molecule has 0 radical (unpaired) electrons. The molecule has 2 heterocycles. The third-order valence-corrected chi connectivity index (χ3v) is 7.31. The van der Waals surface area contributed by atoms with E-state index < -0.39 is 10.0 Å². The molecule has 36 heavy (non-hydrogen) atoms. The second kappa shape index (κ2) is 9.18. The minimum atomic E-state index is -3.95. The summed E-state index contributed by atoms with van der Waals surface area (Å²) in [6, 6.07) is 18.5. The fourth-order valence-corrected chi connectivity index (χ4v) is 5.17. The Morgan fingerprint density at radius 3 is 2.61 bits per heavy atom. The van der Waals surface area contributed by atoms with Gasteiger partial charge < -0.3 is 9.15 Å². The molecule has 0 amide bonds. The molecule has 2 aromatic heterocycles. The summed E-state index contributed by atoms with van der Waals surface area (Å²) in [7, 11) is -2.42. The van der Waals surface area contributed by atoms with Gasteiger partial charge in [-0.25, -0.2) is 18.1 Å². The number of anilines is 1. The molecule has 0 atom stereocenters. The average molecular weight is 522 g/mol. The lowest BCUT2D eigenvalue weighted by atomic mass is 10.00. The molecule has 0 aliphatic heterocycles. The maximum absolute atomic E-state index is 13.0. The summed E-state index contributed by atoms with van der Waals surface area (Å²) in [5, 5.41) is 1.16. The first kappa shape index (κ1) is 23.7. The number of fused-ring (bicyclic) bond motifs is 1. The molecule has 0 bridgehead atoms. The number of sulfonamides is 1. The lowest BCUT2D eigenvalue weighted by Gasteiger charge is -2.16. The standard InChI is InChI=1S/C26H20ClN3O5S/c1-16-3-6-19(27)15-21(16)17-4-8-23(24(14-17)34-2)30-22-9-7-20(13-18(22)5-10-25(30)31)36(32,33)29-26-28-11-12-35-26/h3-15H,1-2H3,(H,28,29). The SMILES string of the molecule is COc1cc(-c2cc(Cl)ccc2C)ccc1-n1c(=O)ccc2cc(S(=O)(=O)Nc3ncco3)ccc21. The molecule has 0 unspecified atom stereocenters. The quantitative estimate of drug-likeness (QED) is 0.320. The zero-order chi connectivity index (χ0) is 25.4. The number of pyridine rings is 1. The summed E-state index contributed by atoms with van der Waals surface area (Å²) >= 11 is 6.21. The number of aryl methyl sites for hydroxylation is 1. The van der Waals surface area contributed by atoms with Crippen molar-refractivity contribution in [3.8, 4) is 22.6 Å². The molecule has 5 rings (SSSR count). The van der Waals surface area contributed by atoms with E-state index in [0.717, 1.165) is 16.7 Å². The molecule has 0 spiro atoms. The van der Waals surface area contributed by atoms with Crippen molar-refractivity contribution in [3.05, 3.63) is 100 Å². The second-order valence-electron chi connectivity index (χ2n) is 8.02. The third kappa shape index (κ3) is 4.34. The van der Waals surface area contributed by atoms with Crippen LogP contribution in [0.15, 0.2) is 93.3 Å². The lowest BCUT2D eigenvalue weighted by molar-refractivity contribution is 0.413. The highest BCUT2D eigenvalue weighted by Gasteiger charge is 2.19. The highest BCUT2D eigenvalue weighted by Crippen LogP contribution is 2.33. The summed E-state index contributed by atoms with van der Waals surface area (Å²) in [6.07, 6.45) is 2.60. The predicted octanol–water partition coefficient (Wildman–Crippen LogP) is 5.42. The number of rotatable bonds is 6. The van der Waals surface area contributed by atoms with Crippen molar-refractivity contribution in [2.24, 2.45) is 0 Å². The smallest absolute Gasteiger partial charge is 0.308 e. The Morgan fingerprint density at radius 2 is 1.86 bits per heavy atom. The van der Waals surface area contributed by atoms with Gasteiger partial charge in [0.15, 0.2) is 0 Å². The molecule has 5 aromatic rings. The normalized spacial score (nSPS) is 11.5. The van der Waals surface area contributed by atoms with E-state index in [1.807, 2.05) is 37.3 Å². The van der Waals surface area contributed by atoms with E-state index in [1.54, 1.807) is 18.2 Å². The largest absolute Gasteiger partial charge is 0.495 e. The van der Waals surface area contributed by atoms with Gasteiger partial charge in [0.2, 0.25) is 0 Å². The number of oxazole rings is 1. The fraction of sp³-hybridized carbons (Fsp3) is 0.0769. The second-order valence-corrected chi connectivity index (χ2v) is 10.1. The van der Waals surface area contributed by atoms with Crippen LogP contribution in [-0.2, 0) is 10.0 Å². The van der Waals surface area contributed by atoms with Crippen LogP contribution < -0.4 is 15.0 Å². The Morgan fingerprint density at radius 1 is 1.03 bits per heavy atom. The maximum atomic E-state index is 13.0. The van der Waals surface area contributed by atoms with Crippen molar-refractivity contribution in [1.82, 2.24) is 9.55 Å². The van der Waals surface area contributed by atoms with Crippen LogP contribution in [0.2, 0.25) is 5.02 Å². The zero-order valence-electron chi connectivity index (χ0n) is 19.2. The first-order valence-corrected chi connectivity index (χ1v) is 12.7. The van der Waals surface area contributed by atoms with Crippen LogP contribution >= 0.6 is 11.6 Å². The fourth-order valence-electron chi connectivity index (χ4n) is 4.02. The first-order chi connectivity index (χ1) is 17.3. The minimum Gasteiger partial charge on any atom is -0.495 e. The number of benzene rings is 3. The van der Waals surface area contributed by atoms with E-state index in [1.165, 1.54) is 42.3 Å². The molecule has 1 N–H and O–H groups in total. The predicted molar refractivity (Wildman–Crippen MR) is 139 cm³/mol. The number of nitrogens with zero attached hydrogens (tertiary/aromatic N) is 2. The van der Waals surface area contributed by atoms with Gasteiger partial charge in [-0.2, -0.15) is 0 Å². The van der Waals surface area contributed by atoms with E-state index in [0.29, 0.717) is 27.4 Å². The van der Waals surface area contributed by atoms with Gasteiger partial charge in [-0.05, 0) is 72.1 Å². The summed E-state index contributed by atoms with van der Waals surface area (Å²) in [5.74, 6) is 0.476. The van der Waals surface area contributed by atoms with Gasteiger partial charge in [-0.3, -0.25) is 9.36 Å². The minimum absolute atomic E-state index is 0.00264. The molecule has 10 heteroatoms. The van der Waals surface area contributed by atoms with Crippen molar-refractivity contribution in [2.45, 2.75) is 11.8 Å². The topological polar surface area (TPSA) is 103 Å². The molecule has 0 saturated heterocycles. The molecule has 8 nitrogen and oxygen atoms in total. The Bertz CT molecular complexity index is 1760. The van der Waals surface area contributed by atoms with Crippen molar-refractivity contribution in [2.75, 3.05) is 11.8 Å². The number of hydrogen-bond acceptors (Lipinski definition) is 6. The van der Waals surface area contributed by atoms with Crippen LogP contribution in [-0.4, -0.2) is 25.1 Å². The monoisotopic (exact) mass is 521 g/mol. The van der Waals surface area contributed by atoms with Crippen LogP contribution in [0.5, 0.6) is 5.75 Å². The molecule has 0 aliphatic carbocycles. The molecule has 3 aromatic carbocycles. The van der Waals surface area contributed by atoms with E-state index in [4.69, 9.17) is 20.8 Å². The number of nitrogens with one attached hydrogen (secondary N) is 1. The Hall–Kier alpha value is -4.08.